The van der Waals surface area contributed by atoms with Crippen molar-refractivity contribution in [1.82, 2.24) is 10.6 Å². The number of allylic oxidation sites excluding steroid dienone is 1. The molecule has 2 saturated carbocycles. The normalized spacial score (nSPS) is 38.2. The lowest BCUT2D eigenvalue weighted by molar-refractivity contribution is -0.149. The van der Waals surface area contributed by atoms with Gasteiger partial charge in [0, 0.05) is 11.8 Å². The molecular weight excluding hydrogens is 304 g/mol. The van der Waals surface area contributed by atoms with Crippen LogP contribution in [0.15, 0.2) is 12.2 Å². The van der Waals surface area contributed by atoms with Crippen molar-refractivity contribution in [3.63, 3.8) is 0 Å². The summed E-state index contributed by atoms with van der Waals surface area (Å²) in [7, 11) is 0. The molecule has 0 radical (unpaired) electrons. The number of carbonyl (C=O) groups excluding carboxylic acids is 2. The van der Waals surface area contributed by atoms with Gasteiger partial charge in [0.05, 0.1) is 6.61 Å². The number of fused-ring (bicyclic) bond motifs is 2. The first-order valence-electron chi connectivity index (χ1n) is 9.54. The predicted molar refractivity (Wildman–Crippen MR) is 92.3 cm³/mol. The van der Waals surface area contributed by atoms with Gasteiger partial charge in [-0.1, -0.05) is 18.6 Å². The van der Waals surface area contributed by atoms with Crippen molar-refractivity contribution in [2.75, 3.05) is 19.7 Å². The van der Waals surface area contributed by atoms with Gasteiger partial charge in [0.1, 0.15) is 5.54 Å². The number of ether oxygens (including phenoxy) is 1. The fraction of sp³-hybridized carbons (Fsp3) is 0.789. The minimum Gasteiger partial charge on any atom is -0.464 e. The lowest BCUT2D eigenvalue weighted by Crippen LogP contribution is -2.49. The van der Waals surface area contributed by atoms with Gasteiger partial charge in [-0.05, 0) is 64.5 Å². The maximum Gasteiger partial charge on any atom is 0.332 e. The molecule has 0 aromatic heterocycles. The molecule has 1 aliphatic heterocycles. The van der Waals surface area contributed by atoms with Gasteiger partial charge in [-0.15, -0.1) is 0 Å². The van der Waals surface area contributed by atoms with Crippen molar-refractivity contribution in [3.8, 4) is 0 Å². The second-order valence-electron chi connectivity index (χ2n) is 7.42. The van der Waals surface area contributed by atoms with Crippen molar-refractivity contribution < 1.29 is 14.3 Å². The molecule has 4 unspecified atom stereocenters. The SMILES string of the molecule is CCOC(=O)C12CC1/C=C\CCCCNCC1CCCC1C(=O)N2. The summed E-state index contributed by atoms with van der Waals surface area (Å²) in [6, 6.07) is 0. The van der Waals surface area contributed by atoms with Gasteiger partial charge in [-0.25, -0.2) is 4.79 Å². The monoisotopic (exact) mass is 334 g/mol. The summed E-state index contributed by atoms with van der Waals surface area (Å²) in [5.41, 5.74) is -0.811. The molecule has 3 rings (SSSR count). The molecule has 0 aromatic rings. The molecule has 0 bridgehead atoms. The number of nitrogens with one attached hydrogen (secondary N) is 2. The van der Waals surface area contributed by atoms with Gasteiger partial charge in [-0.3, -0.25) is 4.79 Å². The van der Waals surface area contributed by atoms with Crippen LogP contribution in [-0.4, -0.2) is 37.1 Å². The van der Waals surface area contributed by atoms with Gasteiger partial charge in [-0.2, -0.15) is 0 Å². The molecule has 3 aliphatic rings. The third-order valence-corrected chi connectivity index (χ3v) is 5.75. The number of hydrogen-bond acceptors (Lipinski definition) is 4. The molecule has 0 spiro atoms. The molecule has 1 heterocycles. The molecular formula is C19H30N2O3. The predicted octanol–water partition coefficient (Wildman–Crippen LogP) is 2.17. The van der Waals surface area contributed by atoms with E-state index in [2.05, 4.69) is 22.8 Å². The zero-order valence-corrected chi connectivity index (χ0v) is 14.7. The smallest absolute Gasteiger partial charge is 0.332 e. The first kappa shape index (κ1) is 17.5. The van der Waals surface area contributed by atoms with E-state index in [1.807, 2.05) is 6.92 Å². The number of amides is 1. The zero-order valence-electron chi connectivity index (χ0n) is 14.7. The van der Waals surface area contributed by atoms with Gasteiger partial charge in [0.25, 0.3) is 0 Å². The van der Waals surface area contributed by atoms with Gasteiger partial charge < -0.3 is 15.4 Å². The van der Waals surface area contributed by atoms with E-state index >= 15 is 0 Å². The molecule has 2 fully saturated rings. The van der Waals surface area contributed by atoms with Gasteiger partial charge in [0.15, 0.2) is 0 Å². The summed E-state index contributed by atoms with van der Waals surface area (Å²) in [5.74, 6) is 0.270. The standard InChI is InChI=1S/C19H30N2O3/c1-2-24-18(23)19-12-15(19)9-5-3-4-6-11-20-13-14-8-7-10-16(14)17(22)21-19/h5,9,14-16,20H,2-4,6-8,10-13H2,1H3,(H,21,22)/b9-5-. The Morgan fingerprint density at radius 3 is 3.04 bits per heavy atom. The third kappa shape index (κ3) is 3.66. The first-order valence-corrected chi connectivity index (χ1v) is 9.54. The van der Waals surface area contributed by atoms with E-state index in [9.17, 15) is 9.59 Å². The highest BCUT2D eigenvalue weighted by atomic mass is 16.5. The summed E-state index contributed by atoms with van der Waals surface area (Å²) >= 11 is 0. The molecule has 5 nitrogen and oxygen atoms in total. The highest BCUT2D eigenvalue weighted by Gasteiger charge is 2.61. The van der Waals surface area contributed by atoms with Crippen molar-refractivity contribution in [1.29, 1.82) is 0 Å². The van der Waals surface area contributed by atoms with Crippen molar-refractivity contribution in [2.45, 2.75) is 57.4 Å². The van der Waals surface area contributed by atoms with E-state index in [-0.39, 0.29) is 23.7 Å². The topological polar surface area (TPSA) is 67.4 Å². The minimum absolute atomic E-state index is 0.0250. The quantitative estimate of drug-likeness (QED) is 0.600. The van der Waals surface area contributed by atoms with Crippen LogP contribution in [0, 0.1) is 17.8 Å². The van der Waals surface area contributed by atoms with Crippen LogP contribution in [0.4, 0.5) is 0 Å². The van der Waals surface area contributed by atoms with E-state index in [1.54, 1.807) is 0 Å². The van der Waals surface area contributed by atoms with Crippen molar-refractivity contribution >= 4 is 11.9 Å². The van der Waals surface area contributed by atoms with Crippen LogP contribution in [0.3, 0.4) is 0 Å². The molecule has 4 atom stereocenters. The van der Waals surface area contributed by atoms with Crippen LogP contribution in [0.2, 0.25) is 0 Å². The summed E-state index contributed by atoms with van der Waals surface area (Å²) in [6.07, 6.45) is 11.4. The lowest BCUT2D eigenvalue weighted by atomic mass is 9.94. The van der Waals surface area contributed by atoms with Crippen LogP contribution in [0.1, 0.15) is 51.9 Å². The Morgan fingerprint density at radius 1 is 1.33 bits per heavy atom. The maximum absolute atomic E-state index is 12.8. The first-order chi connectivity index (χ1) is 11.7. The summed E-state index contributed by atoms with van der Waals surface area (Å²) in [6.45, 7) is 4.09. The van der Waals surface area contributed by atoms with Crippen LogP contribution in [0.25, 0.3) is 0 Å². The van der Waals surface area contributed by atoms with Crippen LogP contribution >= 0.6 is 0 Å². The Bertz CT molecular complexity index is 505. The molecule has 1 amide bonds. The van der Waals surface area contributed by atoms with E-state index in [1.165, 1.54) is 0 Å². The molecule has 24 heavy (non-hydrogen) atoms. The van der Waals surface area contributed by atoms with E-state index in [0.717, 1.165) is 51.6 Å². The van der Waals surface area contributed by atoms with Crippen molar-refractivity contribution in [2.24, 2.45) is 17.8 Å². The Morgan fingerprint density at radius 2 is 2.21 bits per heavy atom. The minimum atomic E-state index is -0.811. The molecule has 134 valence electrons. The highest BCUT2D eigenvalue weighted by molar-refractivity contribution is 5.92. The summed E-state index contributed by atoms with van der Waals surface area (Å²) in [4.78, 5) is 25.3. The second-order valence-corrected chi connectivity index (χ2v) is 7.42. The van der Waals surface area contributed by atoms with Gasteiger partial charge in [0.2, 0.25) is 5.91 Å². The summed E-state index contributed by atoms with van der Waals surface area (Å²) < 4.78 is 5.25. The highest BCUT2D eigenvalue weighted by Crippen LogP contribution is 2.46. The van der Waals surface area contributed by atoms with E-state index in [0.29, 0.717) is 18.9 Å². The van der Waals surface area contributed by atoms with Gasteiger partial charge >= 0.3 is 5.97 Å². The Kier molecular flexibility index (Phi) is 5.59. The maximum atomic E-state index is 12.8. The number of rotatable bonds is 2. The average molecular weight is 334 g/mol. The molecule has 0 aromatic carbocycles. The average Bonchev–Trinajstić information content (AvgIpc) is 3.04. The summed E-state index contributed by atoms with van der Waals surface area (Å²) in [5, 5.41) is 6.59. The number of esters is 1. The second kappa shape index (κ2) is 7.68. The number of hydrogen-bond donors (Lipinski definition) is 2. The Hall–Kier alpha value is -1.36. The molecule has 0 saturated heterocycles. The van der Waals surface area contributed by atoms with Crippen LogP contribution in [-0.2, 0) is 14.3 Å². The molecule has 5 heteroatoms. The Labute approximate surface area is 144 Å². The molecule has 2 N–H and O–H groups in total. The van der Waals surface area contributed by atoms with Crippen LogP contribution < -0.4 is 10.6 Å². The fourth-order valence-corrected chi connectivity index (χ4v) is 4.21. The van der Waals surface area contributed by atoms with E-state index in [4.69, 9.17) is 4.74 Å². The number of carbonyl (C=O) groups is 2. The third-order valence-electron chi connectivity index (χ3n) is 5.75. The zero-order chi connectivity index (χ0) is 17.0. The van der Waals surface area contributed by atoms with Crippen molar-refractivity contribution in [3.05, 3.63) is 12.2 Å². The molecule has 2 aliphatic carbocycles. The fourth-order valence-electron chi connectivity index (χ4n) is 4.21. The largest absolute Gasteiger partial charge is 0.464 e. The lowest BCUT2D eigenvalue weighted by Gasteiger charge is -2.24. The Balaban J connectivity index is 1.76. The van der Waals surface area contributed by atoms with Crippen LogP contribution in [0.5, 0.6) is 0 Å². The van der Waals surface area contributed by atoms with E-state index < -0.39 is 5.54 Å².